The van der Waals surface area contributed by atoms with Crippen LogP contribution in [-0.2, 0) is 15.1 Å². The normalized spacial score (nSPS) is 28.8. The molecule has 1 saturated carbocycles. The standard InChI is InChI=1S/C17H23NO2/c1-12-9-10-17(16(19)20-2,18-11-13-7-8-13)15-6-4-3-5-14(12)15/h3-6,12-13,18H,7-11H2,1-2H3. The Bertz CT molecular complexity index is 509. The summed E-state index contributed by atoms with van der Waals surface area (Å²) in [4.78, 5) is 12.5. The summed E-state index contributed by atoms with van der Waals surface area (Å²) in [5, 5.41) is 3.55. The molecule has 2 aliphatic rings. The van der Waals surface area contributed by atoms with Gasteiger partial charge in [-0.15, -0.1) is 0 Å². The Labute approximate surface area is 120 Å². The van der Waals surface area contributed by atoms with Crippen LogP contribution in [0.5, 0.6) is 0 Å². The van der Waals surface area contributed by atoms with Crippen LogP contribution in [0.1, 0.15) is 49.7 Å². The third kappa shape index (κ3) is 2.24. The van der Waals surface area contributed by atoms with Crippen molar-refractivity contribution >= 4 is 5.97 Å². The van der Waals surface area contributed by atoms with Crippen LogP contribution in [0, 0.1) is 5.92 Å². The lowest BCUT2D eigenvalue weighted by Gasteiger charge is -2.39. The van der Waals surface area contributed by atoms with E-state index in [2.05, 4.69) is 30.4 Å². The minimum absolute atomic E-state index is 0.141. The first kappa shape index (κ1) is 13.6. The number of ether oxygens (including phenoxy) is 1. The van der Waals surface area contributed by atoms with Gasteiger partial charge in [0, 0.05) is 0 Å². The molecule has 0 aliphatic heterocycles. The van der Waals surface area contributed by atoms with E-state index < -0.39 is 5.54 Å². The summed E-state index contributed by atoms with van der Waals surface area (Å²) in [6.45, 7) is 3.15. The van der Waals surface area contributed by atoms with Gasteiger partial charge in [-0.1, -0.05) is 31.2 Å². The van der Waals surface area contributed by atoms with Crippen LogP contribution in [0.4, 0.5) is 0 Å². The monoisotopic (exact) mass is 273 g/mol. The molecule has 0 radical (unpaired) electrons. The van der Waals surface area contributed by atoms with E-state index in [1.165, 1.54) is 25.5 Å². The molecule has 1 fully saturated rings. The molecule has 0 amide bonds. The third-order valence-corrected chi connectivity index (χ3v) is 4.83. The highest BCUT2D eigenvalue weighted by molar-refractivity contribution is 5.83. The number of esters is 1. The number of fused-ring (bicyclic) bond motifs is 1. The number of hydrogen-bond acceptors (Lipinski definition) is 3. The molecule has 0 heterocycles. The Morgan fingerprint density at radius 2 is 2.10 bits per heavy atom. The highest BCUT2D eigenvalue weighted by Gasteiger charge is 2.46. The summed E-state index contributed by atoms with van der Waals surface area (Å²) < 4.78 is 5.14. The predicted octanol–water partition coefficient (Wildman–Crippen LogP) is 2.95. The van der Waals surface area contributed by atoms with Gasteiger partial charge in [-0.3, -0.25) is 5.32 Å². The van der Waals surface area contributed by atoms with Crippen LogP contribution in [-0.4, -0.2) is 19.6 Å². The second kappa shape index (κ2) is 5.21. The number of carbonyl (C=O) groups excluding carboxylic acids is 1. The number of hydrogen-bond donors (Lipinski definition) is 1. The predicted molar refractivity (Wildman–Crippen MR) is 78.5 cm³/mol. The van der Waals surface area contributed by atoms with Gasteiger partial charge >= 0.3 is 5.97 Å². The second-order valence-corrected chi connectivity index (χ2v) is 6.25. The van der Waals surface area contributed by atoms with Gasteiger partial charge in [0.25, 0.3) is 0 Å². The van der Waals surface area contributed by atoms with Crippen LogP contribution < -0.4 is 5.32 Å². The fourth-order valence-electron chi connectivity index (χ4n) is 3.32. The summed E-state index contributed by atoms with van der Waals surface area (Å²) in [7, 11) is 1.49. The number of rotatable bonds is 4. The van der Waals surface area contributed by atoms with Crippen molar-refractivity contribution in [3.05, 3.63) is 35.4 Å². The number of carbonyl (C=O) groups is 1. The van der Waals surface area contributed by atoms with Crippen molar-refractivity contribution < 1.29 is 9.53 Å². The van der Waals surface area contributed by atoms with Gasteiger partial charge in [0.05, 0.1) is 7.11 Å². The molecule has 0 saturated heterocycles. The van der Waals surface area contributed by atoms with Crippen molar-refractivity contribution in [1.82, 2.24) is 5.32 Å². The second-order valence-electron chi connectivity index (χ2n) is 6.25. The number of nitrogens with one attached hydrogen (secondary N) is 1. The minimum Gasteiger partial charge on any atom is -0.467 e. The average molecular weight is 273 g/mol. The Morgan fingerprint density at radius 1 is 1.35 bits per heavy atom. The molecule has 0 spiro atoms. The van der Waals surface area contributed by atoms with E-state index in [9.17, 15) is 4.79 Å². The molecule has 1 aromatic rings. The summed E-state index contributed by atoms with van der Waals surface area (Å²) in [6.07, 6.45) is 4.40. The van der Waals surface area contributed by atoms with Gasteiger partial charge in [-0.05, 0) is 55.2 Å². The molecule has 2 unspecified atom stereocenters. The van der Waals surface area contributed by atoms with Crippen molar-refractivity contribution in [2.45, 2.75) is 44.1 Å². The van der Waals surface area contributed by atoms with Gasteiger partial charge in [-0.25, -0.2) is 4.79 Å². The van der Waals surface area contributed by atoms with Gasteiger partial charge in [0.2, 0.25) is 0 Å². The zero-order valence-electron chi connectivity index (χ0n) is 12.3. The lowest BCUT2D eigenvalue weighted by Crippen LogP contribution is -2.52. The molecule has 1 N–H and O–H groups in total. The van der Waals surface area contributed by atoms with Gasteiger partial charge in [-0.2, -0.15) is 0 Å². The van der Waals surface area contributed by atoms with Crippen molar-refractivity contribution in [3.8, 4) is 0 Å². The van der Waals surface area contributed by atoms with E-state index in [1.807, 2.05) is 6.07 Å². The maximum Gasteiger partial charge on any atom is 0.330 e. The third-order valence-electron chi connectivity index (χ3n) is 4.83. The first-order chi connectivity index (χ1) is 9.67. The first-order valence-electron chi connectivity index (χ1n) is 7.60. The van der Waals surface area contributed by atoms with Crippen LogP contribution in [0.3, 0.4) is 0 Å². The zero-order valence-corrected chi connectivity index (χ0v) is 12.3. The molecular weight excluding hydrogens is 250 g/mol. The molecule has 0 aromatic heterocycles. The Hall–Kier alpha value is -1.35. The molecule has 20 heavy (non-hydrogen) atoms. The highest BCUT2D eigenvalue weighted by atomic mass is 16.5. The van der Waals surface area contributed by atoms with Crippen LogP contribution >= 0.6 is 0 Å². The van der Waals surface area contributed by atoms with Crippen LogP contribution in [0.15, 0.2) is 24.3 Å². The van der Waals surface area contributed by atoms with E-state index in [4.69, 9.17) is 4.74 Å². The lowest BCUT2D eigenvalue weighted by molar-refractivity contribution is -0.150. The van der Waals surface area contributed by atoms with Crippen molar-refractivity contribution in [2.24, 2.45) is 5.92 Å². The van der Waals surface area contributed by atoms with Crippen LogP contribution in [0.25, 0.3) is 0 Å². The maximum absolute atomic E-state index is 12.5. The Morgan fingerprint density at radius 3 is 2.80 bits per heavy atom. The quantitative estimate of drug-likeness (QED) is 0.857. The van der Waals surface area contributed by atoms with E-state index in [1.54, 1.807) is 0 Å². The number of methoxy groups -OCH3 is 1. The van der Waals surface area contributed by atoms with E-state index in [-0.39, 0.29) is 5.97 Å². The topological polar surface area (TPSA) is 38.3 Å². The maximum atomic E-state index is 12.5. The van der Waals surface area contributed by atoms with Crippen molar-refractivity contribution in [3.63, 3.8) is 0 Å². The summed E-state index contributed by atoms with van der Waals surface area (Å²) >= 11 is 0. The summed E-state index contributed by atoms with van der Waals surface area (Å²) in [5.74, 6) is 1.10. The molecule has 0 bridgehead atoms. The summed E-state index contributed by atoms with van der Waals surface area (Å²) in [5.41, 5.74) is 1.76. The first-order valence-corrected chi connectivity index (χ1v) is 7.60. The van der Waals surface area contributed by atoms with Gasteiger partial charge in [0.15, 0.2) is 0 Å². The molecular formula is C17H23NO2. The van der Waals surface area contributed by atoms with E-state index in [0.717, 1.165) is 30.9 Å². The van der Waals surface area contributed by atoms with Crippen molar-refractivity contribution in [2.75, 3.05) is 13.7 Å². The molecule has 1 aromatic carbocycles. The Balaban J connectivity index is 1.99. The lowest BCUT2D eigenvalue weighted by atomic mass is 9.72. The molecule has 3 nitrogen and oxygen atoms in total. The Kier molecular flexibility index (Phi) is 3.55. The molecule has 3 rings (SSSR count). The summed E-state index contributed by atoms with van der Waals surface area (Å²) in [6, 6.07) is 8.31. The van der Waals surface area contributed by atoms with E-state index >= 15 is 0 Å². The van der Waals surface area contributed by atoms with Crippen LogP contribution in [0.2, 0.25) is 0 Å². The average Bonchev–Trinajstić information content (AvgIpc) is 3.31. The fourth-order valence-corrected chi connectivity index (χ4v) is 3.32. The van der Waals surface area contributed by atoms with Gasteiger partial charge in [0.1, 0.15) is 5.54 Å². The highest BCUT2D eigenvalue weighted by Crippen LogP contribution is 2.42. The smallest absolute Gasteiger partial charge is 0.330 e. The molecule has 3 heteroatoms. The SMILES string of the molecule is COC(=O)C1(NCC2CC2)CCC(C)c2ccccc21. The van der Waals surface area contributed by atoms with E-state index in [0.29, 0.717) is 5.92 Å². The van der Waals surface area contributed by atoms with Gasteiger partial charge < -0.3 is 4.74 Å². The molecule has 2 atom stereocenters. The molecule has 2 aliphatic carbocycles. The molecule has 108 valence electrons. The number of benzene rings is 1. The minimum atomic E-state index is -0.638. The largest absolute Gasteiger partial charge is 0.467 e. The van der Waals surface area contributed by atoms with Crippen molar-refractivity contribution in [1.29, 1.82) is 0 Å². The fraction of sp³-hybridized carbons (Fsp3) is 0.588. The zero-order chi connectivity index (χ0) is 14.2.